The van der Waals surface area contributed by atoms with Gasteiger partial charge < -0.3 is 9.73 Å². The van der Waals surface area contributed by atoms with Gasteiger partial charge in [0.1, 0.15) is 11.1 Å². The summed E-state index contributed by atoms with van der Waals surface area (Å²) in [5.41, 5.74) is 1.76. The van der Waals surface area contributed by atoms with Crippen LogP contribution in [0.3, 0.4) is 0 Å². The molecule has 156 valence electrons. The van der Waals surface area contributed by atoms with E-state index >= 15 is 0 Å². The van der Waals surface area contributed by atoms with E-state index in [1.807, 2.05) is 16.7 Å². The number of thioether (sulfide) groups is 1. The van der Waals surface area contributed by atoms with Crippen molar-refractivity contribution in [3.8, 4) is 17.7 Å². The Kier molecular flexibility index (Phi) is 6.25. The molecule has 3 aromatic rings. The van der Waals surface area contributed by atoms with Crippen LogP contribution in [0.15, 0.2) is 28.0 Å². The number of aryl methyl sites for hydroxylation is 1. The third kappa shape index (κ3) is 4.30. The van der Waals surface area contributed by atoms with Gasteiger partial charge in [0.25, 0.3) is 0 Å². The zero-order valence-corrected chi connectivity index (χ0v) is 18.6. The lowest BCUT2D eigenvalue weighted by molar-refractivity contribution is -0.113. The van der Waals surface area contributed by atoms with Gasteiger partial charge in [-0.15, -0.1) is 21.5 Å². The molecular formula is C21H23N5O2S2. The van der Waals surface area contributed by atoms with Crippen molar-refractivity contribution < 1.29 is 9.21 Å². The fourth-order valence-electron chi connectivity index (χ4n) is 3.58. The highest BCUT2D eigenvalue weighted by Gasteiger charge is 2.23. The quantitative estimate of drug-likeness (QED) is 0.532. The molecule has 1 aliphatic carbocycles. The predicted molar refractivity (Wildman–Crippen MR) is 118 cm³/mol. The number of rotatable bonds is 7. The van der Waals surface area contributed by atoms with Gasteiger partial charge >= 0.3 is 0 Å². The van der Waals surface area contributed by atoms with Gasteiger partial charge in [-0.25, -0.2) is 0 Å². The zero-order valence-electron chi connectivity index (χ0n) is 17.0. The van der Waals surface area contributed by atoms with Crippen LogP contribution in [0.2, 0.25) is 0 Å². The lowest BCUT2D eigenvalue weighted by Gasteiger charge is -2.11. The third-order valence-corrected chi connectivity index (χ3v) is 7.05. The van der Waals surface area contributed by atoms with E-state index in [1.54, 1.807) is 17.6 Å². The Balaban J connectivity index is 1.47. The minimum Gasteiger partial charge on any atom is -0.461 e. The van der Waals surface area contributed by atoms with Crippen molar-refractivity contribution in [2.24, 2.45) is 5.92 Å². The van der Waals surface area contributed by atoms with Gasteiger partial charge in [0.05, 0.1) is 17.6 Å². The first-order valence-electron chi connectivity index (χ1n) is 10.0. The number of hydrogen-bond acceptors (Lipinski definition) is 7. The topological polar surface area (TPSA) is 96.7 Å². The van der Waals surface area contributed by atoms with E-state index in [1.165, 1.54) is 16.6 Å². The van der Waals surface area contributed by atoms with Crippen LogP contribution in [0, 0.1) is 17.2 Å². The number of carbonyl (C=O) groups is 1. The minimum atomic E-state index is -0.145. The van der Waals surface area contributed by atoms with Gasteiger partial charge in [0.2, 0.25) is 5.91 Å². The summed E-state index contributed by atoms with van der Waals surface area (Å²) in [6.07, 6.45) is 5.77. The monoisotopic (exact) mass is 441 g/mol. The largest absolute Gasteiger partial charge is 0.461 e. The Morgan fingerprint density at radius 2 is 2.23 bits per heavy atom. The van der Waals surface area contributed by atoms with Crippen molar-refractivity contribution in [3.63, 3.8) is 0 Å². The highest BCUT2D eigenvalue weighted by Crippen LogP contribution is 2.37. The molecule has 0 saturated heterocycles. The van der Waals surface area contributed by atoms with Crippen molar-refractivity contribution in [3.05, 3.63) is 34.4 Å². The summed E-state index contributed by atoms with van der Waals surface area (Å²) in [7, 11) is 0. The van der Waals surface area contributed by atoms with Crippen LogP contribution in [0.4, 0.5) is 5.00 Å². The second kappa shape index (κ2) is 9.06. The zero-order chi connectivity index (χ0) is 21.1. The number of fused-ring (bicyclic) bond motifs is 1. The number of hydrogen-bond donors (Lipinski definition) is 1. The number of thiophene rings is 1. The molecule has 1 aliphatic rings. The Labute approximate surface area is 183 Å². The summed E-state index contributed by atoms with van der Waals surface area (Å²) in [4.78, 5) is 13.9. The molecule has 4 rings (SSSR count). The van der Waals surface area contributed by atoms with Crippen LogP contribution in [0.5, 0.6) is 0 Å². The lowest BCUT2D eigenvalue weighted by atomic mass is 9.96. The fourth-order valence-corrected chi connectivity index (χ4v) is 5.58. The summed E-state index contributed by atoms with van der Waals surface area (Å²) in [6.45, 7) is 4.97. The molecule has 0 aliphatic heterocycles. The molecule has 0 unspecified atom stereocenters. The first-order valence-corrected chi connectivity index (χ1v) is 11.8. The molecule has 0 aromatic carbocycles. The van der Waals surface area contributed by atoms with E-state index in [0.717, 1.165) is 37.8 Å². The molecule has 0 bridgehead atoms. The lowest BCUT2D eigenvalue weighted by Crippen LogP contribution is -2.15. The average molecular weight is 442 g/mol. The smallest absolute Gasteiger partial charge is 0.235 e. The fraction of sp³-hybridized carbons (Fsp3) is 0.429. The summed E-state index contributed by atoms with van der Waals surface area (Å²) >= 11 is 2.88. The molecule has 0 spiro atoms. The minimum absolute atomic E-state index is 0.145. The van der Waals surface area contributed by atoms with Crippen LogP contribution >= 0.6 is 23.1 Å². The van der Waals surface area contributed by atoms with Crippen molar-refractivity contribution in [1.29, 1.82) is 5.26 Å². The van der Waals surface area contributed by atoms with E-state index < -0.39 is 0 Å². The molecule has 0 atom stereocenters. The molecule has 30 heavy (non-hydrogen) atoms. The Hall–Kier alpha value is -2.57. The number of carbonyl (C=O) groups excluding carboxylic acids is 1. The molecular weight excluding hydrogens is 418 g/mol. The first-order chi connectivity index (χ1) is 14.6. The molecule has 0 radical (unpaired) electrons. The number of anilines is 1. The normalized spacial score (nSPS) is 13.3. The van der Waals surface area contributed by atoms with Gasteiger partial charge in [-0.05, 0) is 49.3 Å². The summed E-state index contributed by atoms with van der Waals surface area (Å²) in [6, 6.07) is 5.95. The van der Waals surface area contributed by atoms with Crippen molar-refractivity contribution >= 4 is 34.0 Å². The van der Waals surface area contributed by atoms with Gasteiger partial charge in [-0.3, -0.25) is 9.36 Å². The second-order valence-corrected chi connectivity index (χ2v) is 9.70. The molecule has 3 heterocycles. The molecule has 1 amide bonds. The van der Waals surface area contributed by atoms with Crippen LogP contribution < -0.4 is 5.32 Å². The molecule has 1 N–H and O–H groups in total. The van der Waals surface area contributed by atoms with Crippen molar-refractivity contribution in [2.45, 2.75) is 51.2 Å². The van der Waals surface area contributed by atoms with E-state index in [0.29, 0.717) is 33.2 Å². The number of aromatic nitrogens is 3. The number of nitrogens with zero attached hydrogens (tertiary/aromatic N) is 4. The van der Waals surface area contributed by atoms with E-state index in [2.05, 4.69) is 35.4 Å². The van der Waals surface area contributed by atoms with Gasteiger partial charge in [-0.1, -0.05) is 25.6 Å². The van der Waals surface area contributed by atoms with Crippen LogP contribution in [0.25, 0.3) is 11.6 Å². The average Bonchev–Trinajstić information content (AvgIpc) is 3.44. The predicted octanol–water partition coefficient (Wildman–Crippen LogP) is 4.74. The first kappa shape index (κ1) is 20.7. The Bertz CT molecular complexity index is 1080. The van der Waals surface area contributed by atoms with Crippen LogP contribution in [-0.2, 0) is 24.2 Å². The molecule has 9 heteroatoms. The van der Waals surface area contributed by atoms with E-state index in [-0.39, 0.29) is 11.7 Å². The van der Waals surface area contributed by atoms with Crippen molar-refractivity contribution in [1.82, 2.24) is 14.8 Å². The van der Waals surface area contributed by atoms with Crippen molar-refractivity contribution in [2.75, 3.05) is 11.1 Å². The van der Waals surface area contributed by atoms with Gasteiger partial charge in [0.15, 0.2) is 16.7 Å². The molecule has 0 fully saturated rings. The highest BCUT2D eigenvalue weighted by atomic mass is 32.2. The molecule has 0 saturated carbocycles. The number of nitrogens with one attached hydrogen (secondary N) is 1. The standard InChI is InChI=1S/C21H23N5O2S2/c1-13(2)11-26-19(16-7-5-9-28-16)24-25-21(26)29-12-18(27)23-20-15(10-22)14-6-3-4-8-17(14)30-20/h5,7,9,13H,3-4,6,8,11-12H2,1-2H3,(H,23,27). The second-order valence-electron chi connectivity index (χ2n) is 7.65. The van der Waals surface area contributed by atoms with Crippen LogP contribution in [0.1, 0.15) is 42.7 Å². The van der Waals surface area contributed by atoms with Crippen LogP contribution in [-0.4, -0.2) is 26.4 Å². The molecule has 7 nitrogen and oxygen atoms in total. The number of nitriles is 1. The highest BCUT2D eigenvalue weighted by molar-refractivity contribution is 7.99. The third-order valence-electron chi connectivity index (χ3n) is 4.87. The van der Waals surface area contributed by atoms with Gasteiger partial charge in [0, 0.05) is 11.4 Å². The molecule has 3 aromatic heterocycles. The summed E-state index contributed by atoms with van der Waals surface area (Å²) < 4.78 is 7.48. The number of furan rings is 1. The SMILES string of the molecule is CC(C)Cn1c(SCC(=O)Nc2sc3c(c2C#N)CCCC3)nnc1-c1ccco1. The van der Waals surface area contributed by atoms with E-state index in [4.69, 9.17) is 4.42 Å². The Morgan fingerprint density at radius 1 is 1.40 bits per heavy atom. The van der Waals surface area contributed by atoms with E-state index in [9.17, 15) is 10.1 Å². The Morgan fingerprint density at radius 3 is 2.97 bits per heavy atom. The maximum atomic E-state index is 12.6. The number of amides is 1. The maximum absolute atomic E-state index is 12.6. The summed E-state index contributed by atoms with van der Waals surface area (Å²) in [5.74, 6) is 1.76. The summed E-state index contributed by atoms with van der Waals surface area (Å²) in [5, 5.41) is 22.4. The van der Waals surface area contributed by atoms with Gasteiger partial charge in [-0.2, -0.15) is 5.26 Å². The maximum Gasteiger partial charge on any atom is 0.235 e.